The van der Waals surface area contributed by atoms with Gasteiger partial charge in [0, 0.05) is 31.7 Å². The summed E-state index contributed by atoms with van der Waals surface area (Å²) in [6, 6.07) is 11.8. The lowest BCUT2D eigenvalue weighted by atomic mass is 10.0. The Bertz CT molecular complexity index is 972. The predicted octanol–water partition coefficient (Wildman–Crippen LogP) is 6.68. The third kappa shape index (κ3) is 3.80. The van der Waals surface area contributed by atoms with Crippen molar-refractivity contribution in [1.29, 1.82) is 5.41 Å². The van der Waals surface area contributed by atoms with Gasteiger partial charge in [-0.2, -0.15) is 13.2 Å². The molecular formula is C18H11BrClF3N2. The predicted molar refractivity (Wildman–Crippen MR) is 99.3 cm³/mol. The maximum absolute atomic E-state index is 13.1. The second-order valence-electron chi connectivity index (χ2n) is 5.36. The number of aromatic nitrogens is 1. The Labute approximate surface area is 155 Å². The van der Waals surface area contributed by atoms with Crippen molar-refractivity contribution in [3.05, 3.63) is 68.8 Å². The molecule has 0 saturated carbocycles. The second-order valence-corrected chi connectivity index (χ2v) is 6.71. The minimum Gasteiger partial charge on any atom is -0.354 e. The number of benzene rings is 2. The number of fused-ring (bicyclic) bond motifs is 1. The van der Waals surface area contributed by atoms with Crippen LogP contribution >= 0.6 is 27.5 Å². The Morgan fingerprint density at radius 3 is 2.40 bits per heavy atom. The minimum absolute atomic E-state index is 0.166. The molecule has 0 saturated heterocycles. The van der Waals surface area contributed by atoms with E-state index < -0.39 is 11.9 Å². The number of H-pyrrole nitrogens is 1. The third-order valence-electron chi connectivity index (χ3n) is 3.64. The van der Waals surface area contributed by atoms with Crippen molar-refractivity contribution in [2.45, 2.75) is 6.18 Å². The Kier molecular flexibility index (Phi) is 4.75. The molecule has 0 bridgehead atoms. The summed E-state index contributed by atoms with van der Waals surface area (Å²) in [6.07, 6.45) is -1.53. The number of rotatable bonds is 3. The highest BCUT2D eigenvalue weighted by Gasteiger charge is 2.37. The van der Waals surface area contributed by atoms with E-state index in [-0.39, 0.29) is 11.3 Å². The lowest BCUT2D eigenvalue weighted by Gasteiger charge is -2.08. The van der Waals surface area contributed by atoms with Gasteiger partial charge in [-0.1, -0.05) is 51.8 Å². The molecule has 3 rings (SSSR count). The van der Waals surface area contributed by atoms with Gasteiger partial charge in [0.15, 0.2) is 0 Å². The van der Waals surface area contributed by atoms with E-state index in [1.807, 2.05) is 0 Å². The molecule has 0 fully saturated rings. The lowest BCUT2D eigenvalue weighted by Crippen LogP contribution is -2.23. The summed E-state index contributed by atoms with van der Waals surface area (Å²) in [5.74, 6) is 0. The van der Waals surface area contributed by atoms with Crippen LogP contribution in [0.25, 0.3) is 23.1 Å². The highest BCUT2D eigenvalue weighted by Crippen LogP contribution is 2.32. The molecule has 2 aromatic carbocycles. The molecule has 1 heterocycles. The molecule has 1 aromatic heterocycles. The van der Waals surface area contributed by atoms with E-state index >= 15 is 0 Å². The average Bonchev–Trinajstić information content (AvgIpc) is 2.89. The maximum atomic E-state index is 13.1. The van der Waals surface area contributed by atoms with Crippen molar-refractivity contribution < 1.29 is 13.2 Å². The summed E-state index contributed by atoms with van der Waals surface area (Å²) in [4.78, 5) is 2.96. The van der Waals surface area contributed by atoms with Crippen LogP contribution in [0.3, 0.4) is 0 Å². The van der Waals surface area contributed by atoms with Gasteiger partial charge in [0.1, 0.15) is 5.71 Å². The van der Waals surface area contributed by atoms with Crippen LogP contribution in [0.1, 0.15) is 16.8 Å². The summed E-state index contributed by atoms with van der Waals surface area (Å²) in [6.45, 7) is 0. The van der Waals surface area contributed by atoms with E-state index in [0.717, 1.165) is 10.0 Å². The topological polar surface area (TPSA) is 39.6 Å². The molecule has 2 nitrogen and oxygen atoms in total. The standard InChI is InChI=1S/C18H11BrClF3N2/c19-11-4-7-13-15(9-11)25-14(16(13)17(24)18(21,22)23)8-3-10-1-5-12(20)6-2-10/h1-9,24-25H/b8-3+,24-17?. The van der Waals surface area contributed by atoms with Crippen LogP contribution < -0.4 is 0 Å². The molecule has 0 aliphatic rings. The van der Waals surface area contributed by atoms with Crippen LogP contribution in [0.4, 0.5) is 13.2 Å². The summed E-state index contributed by atoms with van der Waals surface area (Å²) < 4.78 is 40.1. The molecule has 0 spiro atoms. The molecule has 0 radical (unpaired) electrons. The van der Waals surface area contributed by atoms with Crippen LogP contribution in [-0.2, 0) is 0 Å². The fourth-order valence-electron chi connectivity index (χ4n) is 2.48. The Balaban J connectivity index is 2.13. The minimum atomic E-state index is -4.73. The summed E-state index contributed by atoms with van der Waals surface area (Å²) in [5, 5.41) is 8.50. The lowest BCUT2D eigenvalue weighted by molar-refractivity contribution is -0.0587. The van der Waals surface area contributed by atoms with Crippen LogP contribution in [0.2, 0.25) is 5.02 Å². The number of hydrogen-bond acceptors (Lipinski definition) is 1. The first-order chi connectivity index (χ1) is 11.8. The fraction of sp³-hybridized carbons (Fsp3) is 0.0556. The van der Waals surface area contributed by atoms with E-state index in [1.165, 1.54) is 6.08 Å². The number of nitrogens with one attached hydrogen (secondary N) is 2. The van der Waals surface area contributed by atoms with Crippen molar-refractivity contribution in [3.63, 3.8) is 0 Å². The normalized spacial score (nSPS) is 12.2. The number of alkyl halides is 3. The van der Waals surface area contributed by atoms with Gasteiger partial charge < -0.3 is 4.98 Å². The summed E-state index contributed by atoms with van der Waals surface area (Å²) in [5.41, 5.74) is -0.00901. The second kappa shape index (κ2) is 6.69. The third-order valence-corrected chi connectivity index (χ3v) is 4.38. The van der Waals surface area contributed by atoms with Gasteiger partial charge in [0.05, 0.1) is 0 Å². The Hall–Kier alpha value is -2.05. The fourth-order valence-corrected chi connectivity index (χ4v) is 2.97. The van der Waals surface area contributed by atoms with E-state index in [0.29, 0.717) is 15.9 Å². The first-order valence-electron chi connectivity index (χ1n) is 7.16. The van der Waals surface area contributed by atoms with Crippen LogP contribution in [0, 0.1) is 5.41 Å². The molecule has 128 valence electrons. The van der Waals surface area contributed by atoms with Gasteiger partial charge in [-0.15, -0.1) is 0 Å². The quantitative estimate of drug-likeness (QED) is 0.438. The molecule has 0 atom stereocenters. The zero-order valence-electron chi connectivity index (χ0n) is 12.6. The highest BCUT2D eigenvalue weighted by atomic mass is 79.9. The van der Waals surface area contributed by atoms with E-state index in [9.17, 15) is 13.2 Å². The zero-order chi connectivity index (χ0) is 18.2. The van der Waals surface area contributed by atoms with Gasteiger partial charge in [-0.05, 0) is 35.9 Å². The Morgan fingerprint density at radius 2 is 1.76 bits per heavy atom. The molecule has 25 heavy (non-hydrogen) atoms. The average molecular weight is 428 g/mol. The zero-order valence-corrected chi connectivity index (χ0v) is 14.9. The smallest absolute Gasteiger partial charge is 0.354 e. The number of halogens is 5. The van der Waals surface area contributed by atoms with Gasteiger partial charge in [0.25, 0.3) is 0 Å². The van der Waals surface area contributed by atoms with Gasteiger partial charge in [0.2, 0.25) is 0 Å². The van der Waals surface area contributed by atoms with E-state index in [4.69, 9.17) is 17.0 Å². The molecule has 7 heteroatoms. The Morgan fingerprint density at radius 1 is 1.08 bits per heavy atom. The monoisotopic (exact) mass is 426 g/mol. The van der Waals surface area contributed by atoms with Gasteiger partial charge in [-0.3, -0.25) is 5.41 Å². The van der Waals surface area contributed by atoms with E-state index in [2.05, 4.69) is 20.9 Å². The first kappa shape index (κ1) is 17.8. The molecular weight excluding hydrogens is 417 g/mol. The largest absolute Gasteiger partial charge is 0.433 e. The SMILES string of the molecule is N=C(c1c(/C=C/c2ccc(Cl)cc2)[nH]c2cc(Br)ccc12)C(F)(F)F. The van der Waals surface area contributed by atoms with Gasteiger partial charge in [-0.25, -0.2) is 0 Å². The highest BCUT2D eigenvalue weighted by molar-refractivity contribution is 9.10. The van der Waals surface area contributed by atoms with Crippen LogP contribution in [0.5, 0.6) is 0 Å². The van der Waals surface area contributed by atoms with Crippen molar-refractivity contribution >= 4 is 56.3 Å². The summed E-state index contributed by atoms with van der Waals surface area (Å²) >= 11 is 9.13. The molecule has 3 aromatic rings. The number of aromatic amines is 1. The van der Waals surface area contributed by atoms with Crippen LogP contribution in [0.15, 0.2) is 46.9 Å². The maximum Gasteiger partial charge on any atom is 0.433 e. The molecule has 2 N–H and O–H groups in total. The molecule has 0 aliphatic carbocycles. The molecule has 0 aliphatic heterocycles. The first-order valence-corrected chi connectivity index (χ1v) is 8.34. The molecule has 0 unspecified atom stereocenters. The van der Waals surface area contributed by atoms with Crippen molar-refractivity contribution in [2.75, 3.05) is 0 Å². The summed E-state index contributed by atoms with van der Waals surface area (Å²) in [7, 11) is 0. The van der Waals surface area contributed by atoms with Crippen molar-refractivity contribution in [3.8, 4) is 0 Å². The number of hydrogen-bond donors (Lipinski definition) is 2. The van der Waals surface area contributed by atoms with E-state index in [1.54, 1.807) is 48.5 Å². The van der Waals surface area contributed by atoms with Crippen LogP contribution in [-0.4, -0.2) is 16.9 Å². The van der Waals surface area contributed by atoms with Crippen molar-refractivity contribution in [1.82, 2.24) is 4.98 Å². The van der Waals surface area contributed by atoms with Gasteiger partial charge >= 0.3 is 6.18 Å². The molecule has 0 amide bonds. The van der Waals surface area contributed by atoms with Crippen molar-refractivity contribution in [2.24, 2.45) is 0 Å².